The molecule has 1 aliphatic rings. The molecule has 0 saturated heterocycles. The second-order valence-electron chi connectivity index (χ2n) is 7.83. The van der Waals surface area contributed by atoms with Crippen LogP contribution in [-0.4, -0.2) is 28.8 Å². The van der Waals surface area contributed by atoms with E-state index in [4.69, 9.17) is 23.2 Å². The summed E-state index contributed by atoms with van der Waals surface area (Å²) >= 11 is 12.5. The van der Waals surface area contributed by atoms with Crippen molar-refractivity contribution >= 4 is 35.0 Å². The standard InChI is InChI=1S/C24H28Cl2N2O2/c1-2-22(24(30)27-20-11-4-5-12-20)28(16-18-9-3-6-13-21(18)26)23(29)15-17-8-7-10-19(25)14-17/h3,6-10,13-14,20,22H,2,4-5,11-12,15-16H2,1H3,(H,27,30)/t22-/m0/s1. The van der Waals surface area contributed by atoms with Crippen molar-refractivity contribution in [3.05, 3.63) is 69.7 Å². The summed E-state index contributed by atoms with van der Waals surface area (Å²) in [7, 11) is 0. The van der Waals surface area contributed by atoms with Gasteiger partial charge in [-0.3, -0.25) is 9.59 Å². The molecular weight excluding hydrogens is 419 g/mol. The molecule has 0 bridgehead atoms. The molecule has 0 spiro atoms. The van der Waals surface area contributed by atoms with Crippen molar-refractivity contribution in [2.45, 2.75) is 64.1 Å². The molecule has 0 unspecified atom stereocenters. The number of carbonyl (C=O) groups excluding carboxylic acids is 2. The SMILES string of the molecule is CC[C@@H](C(=O)NC1CCCC1)N(Cc1ccccc1Cl)C(=O)Cc1cccc(Cl)c1. The average molecular weight is 447 g/mol. The Hall–Kier alpha value is -2.04. The fraction of sp³-hybridized carbons (Fsp3) is 0.417. The number of benzene rings is 2. The van der Waals surface area contributed by atoms with Crippen LogP contribution in [0.5, 0.6) is 0 Å². The van der Waals surface area contributed by atoms with Gasteiger partial charge in [0, 0.05) is 22.6 Å². The largest absolute Gasteiger partial charge is 0.352 e. The third kappa shape index (κ3) is 5.99. The quantitative estimate of drug-likeness (QED) is 0.589. The third-order valence-corrected chi connectivity index (χ3v) is 6.23. The maximum absolute atomic E-state index is 13.3. The highest BCUT2D eigenvalue weighted by molar-refractivity contribution is 6.31. The fourth-order valence-electron chi connectivity index (χ4n) is 4.02. The molecule has 30 heavy (non-hydrogen) atoms. The Bertz CT molecular complexity index is 881. The maximum Gasteiger partial charge on any atom is 0.243 e. The highest BCUT2D eigenvalue weighted by Gasteiger charge is 2.30. The number of hydrogen-bond acceptors (Lipinski definition) is 2. The van der Waals surface area contributed by atoms with Gasteiger partial charge in [0.1, 0.15) is 6.04 Å². The molecule has 0 radical (unpaired) electrons. The Balaban J connectivity index is 1.83. The first-order chi connectivity index (χ1) is 14.5. The lowest BCUT2D eigenvalue weighted by atomic mass is 10.1. The van der Waals surface area contributed by atoms with E-state index >= 15 is 0 Å². The Morgan fingerprint density at radius 2 is 1.83 bits per heavy atom. The van der Waals surface area contributed by atoms with Crippen LogP contribution < -0.4 is 5.32 Å². The molecule has 1 saturated carbocycles. The van der Waals surface area contributed by atoms with E-state index in [2.05, 4.69) is 5.32 Å². The molecule has 3 rings (SSSR count). The van der Waals surface area contributed by atoms with Crippen molar-refractivity contribution in [2.75, 3.05) is 0 Å². The van der Waals surface area contributed by atoms with E-state index in [0.29, 0.717) is 16.5 Å². The maximum atomic E-state index is 13.3. The van der Waals surface area contributed by atoms with E-state index in [0.717, 1.165) is 36.8 Å². The molecular formula is C24H28Cl2N2O2. The molecule has 6 heteroatoms. The predicted octanol–water partition coefficient (Wildman–Crippen LogP) is 5.40. The van der Waals surface area contributed by atoms with E-state index in [-0.39, 0.29) is 30.8 Å². The van der Waals surface area contributed by atoms with Crippen LogP contribution in [0, 0.1) is 0 Å². The van der Waals surface area contributed by atoms with Gasteiger partial charge in [0.05, 0.1) is 6.42 Å². The zero-order chi connectivity index (χ0) is 21.5. The molecule has 1 atom stereocenters. The van der Waals surface area contributed by atoms with Gasteiger partial charge in [-0.2, -0.15) is 0 Å². The Labute approximate surface area is 188 Å². The van der Waals surface area contributed by atoms with Gasteiger partial charge < -0.3 is 10.2 Å². The fourth-order valence-corrected chi connectivity index (χ4v) is 4.43. The summed E-state index contributed by atoms with van der Waals surface area (Å²) in [6, 6.07) is 14.4. The van der Waals surface area contributed by atoms with Gasteiger partial charge in [-0.1, -0.05) is 73.3 Å². The van der Waals surface area contributed by atoms with Crippen molar-refractivity contribution < 1.29 is 9.59 Å². The monoisotopic (exact) mass is 446 g/mol. The van der Waals surface area contributed by atoms with Crippen molar-refractivity contribution in [1.82, 2.24) is 10.2 Å². The molecule has 0 aromatic heterocycles. The first-order valence-corrected chi connectivity index (χ1v) is 11.3. The first-order valence-electron chi connectivity index (χ1n) is 10.6. The molecule has 0 heterocycles. The average Bonchev–Trinajstić information content (AvgIpc) is 3.22. The Morgan fingerprint density at radius 3 is 2.50 bits per heavy atom. The normalized spacial score (nSPS) is 15.0. The van der Waals surface area contributed by atoms with Gasteiger partial charge in [-0.05, 0) is 48.6 Å². The van der Waals surface area contributed by atoms with Crippen LogP contribution in [0.2, 0.25) is 10.0 Å². The summed E-state index contributed by atoms with van der Waals surface area (Å²) in [6.07, 6.45) is 4.99. The first kappa shape index (κ1) is 22.6. The van der Waals surface area contributed by atoms with Crippen molar-refractivity contribution in [2.24, 2.45) is 0 Å². The highest BCUT2D eigenvalue weighted by Crippen LogP contribution is 2.22. The summed E-state index contributed by atoms with van der Waals surface area (Å²) in [5.41, 5.74) is 1.65. The highest BCUT2D eigenvalue weighted by atomic mass is 35.5. The van der Waals surface area contributed by atoms with Crippen LogP contribution in [-0.2, 0) is 22.6 Å². The summed E-state index contributed by atoms with van der Waals surface area (Å²) in [5.74, 6) is -0.207. The minimum atomic E-state index is -0.548. The second kappa shape index (κ2) is 10.8. The summed E-state index contributed by atoms with van der Waals surface area (Å²) in [4.78, 5) is 28.1. The number of halogens is 2. The van der Waals surface area contributed by atoms with Crippen molar-refractivity contribution in [3.8, 4) is 0 Å². The minimum absolute atomic E-state index is 0.0871. The number of hydrogen-bond donors (Lipinski definition) is 1. The lowest BCUT2D eigenvalue weighted by molar-refractivity contribution is -0.141. The van der Waals surface area contributed by atoms with Crippen LogP contribution in [0.4, 0.5) is 0 Å². The zero-order valence-electron chi connectivity index (χ0n) is 17.2. The van der Waals surface area contributed by atoms with Gasteiger partial charge in [0.15, 0.2) is 0 Å². The molecule has 1 aliphatic carbocycles. The molecule has 0 aliphatic heterocycles. The van der Waals surface area contributed by atoms with Crippen LogP contribution in [0.3, 0.4) is 0 Å². The van der Waals surface area contributed by atoms with E-state index < -0.39 is 6.04 Å². The second-order valence-corrected chi connectivity index (χ2v) is 8.68. The van der Waals surface area contributed by atoms with Gasteiger partial charge in [0.2, 0.25) is 11.8 Å². The number of rotatable bonds is 8. The molecule has 160 valence electrons. The van der Waals surface area contributed by atoms with Crippen LogP contribution in [0.25, 0.3) is 0 Å². The minimum Gasteiger partial charge on any atom is -0.352 e. The van der Waals surface area contributed by atoms with Gasteiger partial charge in [0.25, 0.3) is 0 Å². The third-order valence-electron chi connectivity index (χ3n) is 5.63. The number of nitrogens with zero attached hydrogens (tertiary/aromatic N) is 1. The lowest BCUT2D eigenvalue weighted by Gasteiger charge is -2.32. The zero-order valence-corrected chi connectivity index (χ0v) is 18.8. The van der Waals surface area contributed by atoms with E-state index in [1.54, 1.807) is 23.1 Å². The summed E-state index contributed by atoms with van der Waals surface area (Å²) in [5, 5.41) is 4.33. The molecule has 1 N–H and O–H groups in total. The van der Waals surface area contributed by atoms with E-state index in [9.17, 15) is 9.59 Å². The Kier molecular flexibility index (Phi) is 8.17. The number of nitrogens with one attached hydrogen (secondary N) is 1. The summed E-state index contributed by atoms with van der Waals surface area (Å²) in [6.45, 7) is 2.22. The molecule has 2 amide bonds. The molecule has 4 nitrogen and oxygen atoms in total. The van der Waals surface area contributed by atoms with Gasteiger partial charge in [-0.15, -0.1) is 0 Å². The smallest absolute Gasteiger partial charge is 0.243 e. The lowest BCUT2D eigenvalue weighted by Crippen LogP contribution is -2.51. The predicted molar refractivity (Wildman–Crippen MR) is 122 cm³/mol. The van der Waals surface area contributed by atoms with Gasteiger partial charge >= 0.3 is 0 Å². The van der Waals surface area contributed by atoms with Gasteiger partial charge in [-0.25, -0.2) is 0 Å². The van der Waals surface area contributed by atoms with E-state index in [1.165, 1.54) is 0 Å². The van der Waals surface area contributed by atoms with Crippen LogP contribution in [0.15, 0.2) is 48.5 Å². The van der Waals surface area contributed by atoms with Crippen molar-refractivity contribution in [3.63, 3.8) is 0 Å². The molecule has 2 aromatic rings. The topological polar surface area (TPSA) is 49.4 Å². The summed E-state index contributed by atoms with van der Waals surface area (Å²) < 4.78 is 0. The Morgan fingerprint density at radius 1 is 1.10 bits per heavy atom. The van der Waals surface area contributed by atoms with Crippen LogP contribution in [0.1, 0.15) is 50.2 Å². The van der Waals surface area contributed by atoms with E-state index in [1.807, 2.05) is 37.3 Å². The number of carbonyl (C=O) groups is 2. The number of amides is 2. The van der Waals surface area contributed by atoms with Crippen LogP contribution >= 0.6 is 23.2 Å². The molecule has 2 aromatic carbocycles. The molecule has 1 fully saturated rings. The van der Waals surface area contributed by atoms with Crippen molar-refractivity contribution in [1.29, 1.82) is 0 Å².